The predicted molar refractivity (Wildman–Crippen MR) is 270 cm³/mol. The summed E-state index contributed by atoms with van der Waals surface area (Å²) in [6.45, 7) is 9.28. The molecule has 4 amide bonds. The number of hydrogen-bond donors (Lipinski definition) is 4. The molecule has 0 spiro atoms. The summed E-state index contributed by atoms with van der Waals surface area (Å²) in [5.74, 6) is 1.23. The summed E-state index contributed by atoms with van der Waals surface area (Å²) in [6.07, 6.45) is 10.7. The molecule has 10 rings (SSSR count). The molecule has 0 radical (unpaired) electrons. The Morgan fingerprint density at radius 1 is 0.800 bits per heavy atom. The van der Waals surface area contributed by atoms with Crippen molar-refractivity contribution in [3.05, 3.63) is 120 Å². The fourth-order valence-electron chi connectivity index (χ4n) is 9.57. The Hall–Kier alpha value is -6.84. The number of fused-ring (bicyclic) bond motifs is 4. The zero-order chi connectivity index (χ0) is 49.2. The van der Waals surface area contributed by atoms with E-state index in [9.17, 15) is 19.2 Å². The van der Waals surface area contributed by atoms with Crippen molar-refractivity contribution < 1.29 is 33.4 Å². The van der Waals surface area contributed by atoms with Gasteiger partial charge in [-0.3, -0.25) is 14.4 Å². The van der Waals surface area contributed by atoms with Gasteiger partial charge >= 0.3 is 6.09 Å². The number of benzene rings is 4. The first-order valence-corrected chi connectivity index (χ1v) is 24.6. The fraction of sp³-hybridized carbons (Fsp3) is 0.418. The summed E-state index contributed by atoms with van der Waals surface area (Å²) in [4.78, 5) is 70.2. The largest absolute Gasteiger partial charge is 0.453 e. The second-order valence-electron chi connectivity index (χ2n) is 19.2. The van der Waals surface area contributed by atoms with E-state index in [4.69, 9.17) is 24.2 Å². The number of aromatic nitrogens is 4. The van der Waals surface area contributed by atoms with Crippen molar-refractivity contribution >= 4 is 35.1 Å². The quantitative estimate of drug-likeness (QED) is 0.0973. The Kier molecular flexibility index (Phi) is 16.1. The van der Waals surface area contributed by atoms with Crippen molar-refractivity contribution in [2.45, 2.75) is 102 Å². The lowest BCUT2D eigenvalue weighted by Crippen LogP contribution is -2.42. The van der Waals surface area contributed by atoms with Crippen LogP contribution in [0.15, 0.2) is 91.1 Å². The minimum atomic E-state index is -0.875. The van der Waals surface area contributed by atoms with Crippen molar-refractivity contribution in [2.24, 2.45) is 0 Å². The summed E-state index contributed by atoms with van der Waals surface area (Å²) >= 11 is 0. The molecule has 3 unspecified atom stereocenters. The first-order valence-electron chi connectivity index (χ1n) is 24.6. The van der Waals surface area contributed by atoms with Crippen molar-refractivity contribution in [1.29, 1.82) is 0 Å². The van der Waals surface area contributed by atoms with Crippen molar-refractivity contribution in [1.82, 2.24) is 40.4 Å². The van der Waals surface area contributed by atoms with E-state index in [2.05, 4.69) is 75.2 Å². The van der Waals surface area contributed by atoms with Gasteiger partial charge in [-0.05, 0) is 124 Å². The molecule has 368 valence electrons. The number of carbonyl (C=O) groups is 4. The summed E-state index contributed by atoms with van der Waals surface area (Å²) in [5.41, 5.74) is 9.29. The Morgan fingerprint density at radius 2 is 1.46 bits per heavy atom. The highest BCUT2D eigenvalue weighted by Gasteiger charge is 2.37. The van der Waals surface area contributed by atoms with Crippen LogP contribution in [0.5, 0.6) is 0 Å². The maximum atomic E-state index is 13.9. The van der Waals surface area contributed by atoms with Crippen LogP contribution in [-0.2, 0) is 41.4 Å². The summed E-state index contributed by atoms with van der Waals surface area (Å²) in [6, 6.07) is 27.5. The molecule has 4 aromatic carbocycles. The maximum absolute atomic E-state index is 13.9. The number of hydrogen-bond acceptors (Lipinski definition) is 9. The molecule has 4 aliphatic rings. The third-order valence-electron chi connectivity index (χ3n) is 13.5. The first-order chi connectivity index (χ1) is 33.9. The van der Waals surface area contributed by atoms with E-state index in [0.29, 0.717) is 30.9 Å². The monoisotopic (exact) mass is 951 g/mol. The number of amides is 4. The third-order valence-corrected chi connectivity index (χ3v) is 13.5. The average Bonchev–Trinajstić information content (AvgIpc) is 4.25. The second-order valence-corrected chi connectivity index (χ2v) is 19.2. The van der Waals surface area contributed by atoms with Gasteiger partial charge in [0.15, 0.2) is 0 Å². The summed E-state index contributed by atoms with van der Waals surface area (Å²) in [7, 11) is 2.99. The van der Waals surface area contributed by atoms with E-state index in [1.165, 1.54) is 31.9 Å². The molecule has 3 saturated heterocycles. The third kappa shape index (κ3) is 11.8. The van der Waals surface area contributed by atoms with Crippen LogP contribution >= 0.6 is 0 Å². The van der Waals surface area contributed by atoms with E-state index >= 15 is 0 Å². The molecule has 6 aromatic rings. The Labute approximate surface area is 410 Å². The number of aryl methyl sites for hydroxylation is 2. The fourth-order valence-corrected chi connectivity index (χ4v) is 9.57. The van der Waals surface area contributed by atoms with Gasteiger partial charge in [-0.1, -0.05) is 72.8 Å². The SMILES string of the molecule is C1CCOCC1.COC(=O)NC(C(=O)N1CCCC1c1ncc(-c2ccc3cc(-c4ccc5c(c4)CCc4[nH]c(C6CCCN6C(=O)CNC=O)nc4-5)ccc3c2)[nH]1)c1ccccc1.COC(C)(C)C. The number of methoxy groups -OCH3 is 2. The predicted octanol–water partition coefficient (Wildman–Crippen LogP) is 9.17. The molecule has 3 fully saturated rings. The summed E-state index contributed by atoms with van der Waals surface area (Å²) in [5, 5.41) is 7.44. The van der Waals surface area contributed by atoms with Crippen LogP contribution in [0.3, 0.4) is 0 Å². The normalized spacial score (nSPS) is 17.8. The number of carbonyl (C=O) groups excluding carboxylic acids is 4. The van der Waals surface area contributed by atoms with Crippen LogP contribution in [-0.4, -0.2) is 107 Å². The minimum absolute atomic E-state index is 0.00586. The number of likely N-dealkylation sites (tertiary alicyclic amines) is 2. The highest BCUT2D eigenvalue weighted by atomic mass is 16.5. The van der Waals surface area contributed by atoms with Gasteiger partial charge in [0.05, 0.1) is 48.9 Å². The van der Waals surface area contributed by atoms with Gasteiger partial charge in [0.25, 0.3) is 5.91 Å². The van der Waals surface area contributed by atoms with Crippen molar-refractivity contribution in [3.8, 4) is 33.6 Å². The number of ether oxygens (including phenoxy) is 3. The molecule has 5 heterocycles. The number of nitrogens with one attached hydrogen (secondary N) is 4. The maximum Gasteiger partial charge on any atom is 0.407 e. The topological polar surface area (TPSA) is 184 Å². The van der Waals surface area contributed by atoms with Gasteiger partial charge in [0.1, 0.15) is 17.7 Å². The smallest absolute Gasteiger partial charge is 0.407 e. The Morgan fingerprint density at radius 3 is 2.11 bits per heavy atom. The van der Waals surface area contributed by atoms with Crippen LogP contribution in [0.4, 0.5) is 4.79 Å². The number of H-pyrrole nitrogens is 2. The number of imidazole rings is 2. The lowest BCUT2D eigenvalue weighted by atomic mass is 9.89. The van der Waals surface area contributed by atoms with Gasteiger partial charge in [0, 0.05) is 50.2 Å². The standard InChI is InChI=1S/C45H44N8O5.C5H10O.C5H12O/c1-58-45(57)51-40(27-7-3-2-4-8-27)44(56)53-20-6-9-37(53)42-47-24-36(49-42)33-14-13-29-21-28(11-12-30(29)23-33)31-15-17-34-32(22-31)16-18-35-41(34)50-43(48-35)38-10-5-19-52(38)39(55)25-46-26-54;1-2-4-6-5-3-1;1-5(2,3)6-4/h2-4,7-8,11-15,17,21-24,26,37-38,40H,5-6,9-10,16,18-20,25H2,1H3,(H,46,54)(H,47,49)(H,48,50)(H,51,57);1-5H2;1-4H3. The molecule has 3 aliphatic heterocycles. The number of rotatable bonds is 10. The molecular formula is C55H66N8O7. The lowest BCUT2D eigenvalue weighted by molar-refractivity contribution is -0.134. The van der Waals surface area contributed by atoms with Gasteiger partial charge in [-0.2, -0.15) is 0 Å². The molecule has 15 nitrogen and oxygen atoms in total. The molecule has 70 heavy (non-hydrogen) atoms. The zero-order valence-corrected chi connectivity index (χ0v) is 41.0. The highest BCUT2D eigenvalue weighted by Crippen LogP contribution is 2.39. The summed E-state index contributed by atoms with van der Waals surface area (Å²) < 4.78 is 14.8. The van der Waals surface area contributed by atoms with Gasteiger partial charge in [-0.25, -0.2) is 14.8 Å². The van der Waals surface area contributed by atoms with Crippen LogP contribution in [0.1, 0.15) is 112 Å². The number of nitrogens with zero attached hydrogens (tertiary/aromatic N) is 4. The number of alkyl carbamates (subject to hydrolysis) is 1. The van der Waals surface area contributed by atoms with Gasteiger partial charge < -0.3 is 44.6 Å². The van der Waals surface area contributed by atoms with Gasteiger partial charge in [0.2, 0.25) is 12.3 Å². The lowest BCUT2D eigenvalue weighted by Gasteiger charge is -2.28. The Bertz CT molecular complexity index is 2750. The van der Waals surface area contributed by atoms with Crippen LogP contribution in [0.2, 0.25) is 0 Å². The number of aromatic amines is 2. The van der Waals surface area contributed by atoms with E-state index in [1.54, 1.807) is 12.0 Å². The van der Waals surface area contributed by atoms with E-state index in [-0.39, 0.29) is 36.0 Å². The van der Waals surface area contributed by atoms with E-state index in [0.717, 1.165) is 108 Å². The van der Waals surface area contributed by atoms with Crippen molar-refractivity contribution in [2.75, 3.05) is 47.1 Å². The molecule has 3 atom stereocenters. The first kappa shape index (κ1) is 49.6. The zero-order valence-electron chi connectivity index (χ0n) is 41.0. The average molecular weight is 951 g/mol. The van der Waals surface area contributed by atoms with Crippen LogP contribution < -0.4 is 10.6 Å². The van der Waals surface area contributed by atoms with E-state index in [1.807, 2.05) is 62.2 Å². The van der Waals surface area contributed by atoms with Crippen LogP contribution in [0.25, 0.3) is 44.4 Å². The van der Waals surface area contributed by atoms with Gasteiger partial charge in [-0.15, -0.1) is 0 Å². The molecular weight excluding hydrogens is 885 g/mol. The van der Waals surface area contributed by atoms with E-state index < -0.39 is 12.1 Å². The minimum Gasteiger partial charge on any atom is -0.453 e. The van der Waals surface area contributed by atoms with Crippen molar-refractivity contribution in [3.63, 3.8) is 0 Å². The van der Waals surface area contributed by atoms with Crippen LogP contribution in [0, 0.1) is 0 Å². The molecule has 2 aromatic heterocycles. The second kappa shape index (κ2) is 22.7. The Balaban J connectivity index is 0.000000485. The molecule has 15 heteroatoms. The highest BCUT2D eigenvalue weighted by molar-refractivity contribution is 5.91. The molecule has 1 aliphatic carbocycles. The molecule has 0 saturated carbocycles. The molecule has 4 N–H and O–H groups in total. The molecule has 0 bridgehead atoms.